The van der Waals surface area contributed by atoms with Crippen molar-refractivity contribution in [2.45, 2.75) is 57.6 Å². The van der Waals surface area contributed by atoms with Crippen LogP contribution in [0.2, 0.25) is 10.0 Å². The highest BCUT2D eigenvalue weighted by atomic mass is 35.5. The van der Waals surface area contributed by atoms with E-state index in [1.807, 2.05) is 13.8 Å². The van der Waals surface area contributed by atoms with Crippen LogP contribution in [0.5, 0.6) is 0 Å². The van der Waals surface area contributed by atoms with Gasteiger partial charge in [0.25, 0.3) is 10.0 Å². The van der Waals surface area contributed by atoms with E-state index in [0.29, 0.717) is 17.0 Å². The summed E-state index contributed by atoms with van der Waals surface area (Å²) in [7, 11) is -4.37. The first-order valence-electron chi connectivity index (χ1n) is 12.7. The molecular weight excluding hydrogens is 576 g/mol. The number of aryl methyl sites for hydroxylation is 1. The molecule has 214 valence electrons. The van der Waals surface area contributed by atoms with Crippen molar-refractivity contribution in [1.82, 2.24) is 10.2 Å². The van der Waals surface area contributed by atoms with Gasteiger partial charge in [-0.1, -0.05) is 66.0 Å². The molecule has 0 spiro atoms. The Morgan fingerprint density at radius 3 is 2.23 bits per heavy atom. The lowest BCUT2D eigenvalue weighted by Gasteiger charge is -2.32. The van der Waals surface area contributed by atoms with Gasteiger partial charge in [-0.25, -0.2) is 12.8 Å². The zero-order valence-corrected chi connectivity index (χ0v) is 25.0. The molecule has 40 heavy (non-hydrogen) atoms. The largest absolute Gasteiger partial charge is 0.352 e. The predicted octanol–water partition coefficient (Wildman–Crippen LogP) is 5.97. The van der Waals surface area contributed by atoms with Crippen molar-refractivity contribution in [2.75, 3.05) is 10.8 Å². The molecule has 0 heterocycles. The first-order valence-corrected chi connectivity index (χ1v) is 14.9. The van der Waals surface area contributed by atoms with Gasteiger partial charge < -0.3 is 10.2 Å². The van der Waals surface area contributed by atoms with E-state index in [1.54, 1.807) is 44.2 Å². The SMILES string of the molecule is CC[C@H](C)NC(=O)[C@@H](C)N(Cc1ccc(Cl)c(Cl)c1)C(=O)CN(c1ccccc1F)S(=O)(=O)c1ccc(C)cc1. The van der Waals surface area contributed by atoms with Crippen molar-refractivity contribution in [3.63, 3.8) is 0 Å². The lowest BCUT2D eigenvalue weighted by atomic mass is 10.1. The van der Waals surface area contributed by atoms with Crippen molar-refractivity contribution in [1.29, 1.82) is 0 Å². The van der Waals surface area contributed by atoms with Gasteiger partial charge in [-0.15, -0.1) is 0 Å². The van der Waals surface area contributed by atoms with E-state index in [0.717, 1.165) is 15.9 Å². The van der Waals surface area contributed by atoms with Crippen LogP contribution in [-0.4, -0.2) is 43.8 Å². The topological polar surface area (TPSA) is 86.8 Å². The van der Waals surface area contributed by atoms with Crippen molar-refractivity contribution in [2.24, 2.45) is 0 Å². The zero-order chi connectivity index (χ0) is 29.6. The van der Waals surface area contributed by atoms with Crippen molar-refractivity contribution in [3.05, 3.63) is 93.7 Å². The van der Waals surface area contributed by atoms with Crippen LogP contribution in [0.1, 0.15) is 38.3 Å². The Hall–Kier alpha value is -3.14. The molecule has 7 nitrogen and oxygen atoms in total. The van der Waals surface area contributed by atoms with Crippen LogP contribution >= 0.6 is 23.2 Å². The van der Waals surface area contributed by atoms with E-state index in [-0.39, 0.29) is 28.2 Å². The third kappa shape index (κ3) is 7.53. The van der Waals surface area contributed by atoms with Crippen LogP contribution in [0, 0.1) is 12.7 Å². The number of benzene rings is 3. The summed E-state index contributed by atoms with van der Waals surface area (Å²) in [4.78, 5) is 28.1. The number of amides is 2. The third-order valence-electron chi connectivity index (χ3n) is 6.51. The fraction of sp³-hybridized carbons (Fsp3) is 0.310. The lowest BCUT2D eigenvalue weighted by molar-refractivity contribution is -0.139. The molecule has 0 saturated heterocycles. The first-order chi connectivity index (χ1) is 18.8. The van der Waals surface area contributed by atoms with Crippen LogP contribution in [0.4, 0.5) is 10.1 Å². The maximum atomic E-state index is 15.0. The molecule has 0 unspecified atom stereocenters. The van der Waals surface area contributed by atoms with Crippen LogP contribution < -0.4 is 9.62 Å². The number of hydrogen-bond donors (Lipinski definition) is 1. The summed E-state index contributed by atoms with van der Waals surface area (Å²) in [5.41, 5.74) is 1.12. The fourth-order valence-electron chi connectivity index (χ4n) is 3.89. The van der Waals surface area contributed by atoms with Crippen molar-refractivity contribution >= 4 is 50.7 Å². The van der Waals surface area contributed by atoms with Crippen LogP contribution in [0.3, 0.4) is 0 Å². The molecule has 0 aliphatic heterocycles. The van der Waals surface area contributed by atoms with Crippen molar-refractivity contribution in [3.8, 4) is 0 Å². The number of hydrogen-bond acceptors (Lipinski definition) is 4. The maximum absolute atomic E-state index is 15.0. The molecule has 0 radical (unpaired) electrons. The predicted molar refractivity (Wildman–Crippen MR) is 156 cm³/mol. The highest BCUT2D eigenvalue weighted by molar-refractivity contribution is 7.92. The number of carbonyl (C=O) groups is 2. The van der Waals surface area contributed by atoms with Gasteiger partial charge in [0.2, 0.25) is 11.8 Å². The summed E-state index contributed by atoms with van der Waals surface area (Å²) < 4.78 is 43.2. The Morgan fingerprint density at radius 2 is 1.62 bits per heavy atom. The molecule has 0 aliphatic carbocycles. The molecule has 0 aliphatic rings. The average molecular weight is 609 g/mol. The number of anilines is 1. The molecule has 0 saturated carbocycles. The summed E-state index contributed by atoms with van der Waals surface area (Å²) >= 11 is 12.2. The smallest absolute Gasteiger partial charge is 0.264 e. The van der Waals surface area contributed by atoms with Crippen LogP contribution in [0.15, 0.2) is 71.6 Å². The van der Waals surface area contributed by atoms with Crippen LogP contribution in [0.25, 0.3) is 0 Å². The summed E-state index contributed by atoms with van der Waals surface area (Å²) in [6.45, 7) is 6.29. The summed E-state index contributed by atoms with van der Waals surface area (Å²) in [5, 5.41) is 3.44. The van der Waals surface area contributed by atoms with E-state index >= 15 is 0 Å². The number of sulfonamides is 1. The van der Waals surface area contributed by atoms with Gasteiger partial charge in [0.15, 0.2) is 0 Å². The number of para-hydroxylation sites is 1. The van der Waals surface area contributed by atoms with E-state index in [4.69, 9.17) is 23.2 Å². The minimum Gasteiger partial charge on any atom is -0.352 e. The van der Waals surface area contributed by atoms with Gasteiger partial charge in [0, 0.05) is 12.6 Å². The Balaban J connectivity index is 2.05. The number of halogens is 3. The highest BCUT2D eigenvalue weighted by Crippen LogP contribution is 2.28. The monoisotopic (exact) mass is 607 g/mol. The molecule has 0 aromatic heterocycles. The second kappa shape index (κ2) is 13.5. The molecule has 11 heteroatoms. The number of carbonyl (C=O) groups excluding carboxylic acids is 2. The molecule has 3 rings (SSSR count). The Kier molecular flexibility index (Phi) is 10.6. The molecule has 1 N–H and O–H groups in total. The van der Waals surface area contributed by atoms with Crippen LogP contribution in [-0.2, 0) is 26.2 Å². The van der Waals surface area contributed by atoms with E-state index in [2.05, 4.69) is 5.32 Å². The fourth-order valence-corrected chi connectivity index (χ4v) is 5.63. The minimum atomic E-state index is -4.37. The standard InChI is InChI=1S/C29H32Cl2FN3O4S/c1-5-20(3)33-29(37)21(4)34(17-22-12-15-24(30)25(31)16-22)28(36)18-35(27-9-7-6-8-26(27)32)40(38,39)23-13-10-19(2)11-14-23/h6-16,20-21H,5,17-18H2,1-4H3,(H,33,37)/t20-,21+/m0/s1. The molecule has 0 bridgehead atoms. The van der Waals surface area contributed by atoms with E-state index in [9.17, 15) is 22.4 Å². The van der Waals surface area contributed by atoms with Gasteiger partial charge >= 0.3 is 0 Å². The maximum Gasteiger partial charge on any atom is 0.264 e. The summed E-state index contributed by atoms with van der Waals surface area (Å²) in [6, 6.07) is 15.0. The third-order valence-corrected chi connectivity index (χ3v) is 9.03. The van der Waals surface area contributed by atoms with Gasteiger partial charge in [-0.2, -0.15) is 0 Å². The summed E-state index contributed by atoms with van der Waals surface area (Å²) in [5.74, 6) is -1.94. The highest BCUT2D eigenvalue weighted by Gasteiger charge is 2.33. The van der Waals surface area contributed by atoms with Gasteiger partial charge in [-0.05, 0) is 69.2 Å². The van der Waals surface area contributed by atoms with E-state index in [1.165, 1.54) is 35.2 Å². The summed E-state index contributed by atoms with van der Waals surface area (Å²) in [6.07, 6.45) is 0.676. The van der Waals surface area contributed by atoms with Gasteiger partial charge in [0.1, 0.15) is 18.4 Å². The lowest BCUT2D eigenvalue weighted by Crippen LogP contribution is -2.52. The quantitative estimate of drug-likeness (QED) is 0.291. The molecule has 3 aromatic carbocycles. The first kappa shape index (κ1) is 31.4. The second-order valence-electron chi connectivity index (χ2n) is 9.54. The number of nitrogens with zero attached hydrogens (tertiary/aromatic N) is 2. The molecule has 2 amide bonds. The van der Waals surface area contributed by atoms with Crippen molar-refractivity contribution < 1.29 is 22.4 Å². The van der Waals surface area contributed by atoms with E-state index < -0.39 is 40.2 Å². The van der Waals surface area contributed by atoms with Gasteiger partial charge in [-0.3, -0.25) is 13.9 Å². The minimum absolute atomic E-state index is 0.0689. The molecule has 3 aromatic rings. The Bertz CT molecular complexity index is 1470. The molecule has 2 atom stereocenters. The number of nitrogens with one attached hydrogen (secondary N) is 1. The van der Waals surface area contributed by atoms with Gasteiger partial charge in [0.05, 0.1) is 20.6 Å². The Labute approximate surface area is 244 Å². The molecular formula is C29H32Cl2FN3O4S. The Morgan fingerprint density at radius 1 is 0.975 bits per heavy atom. The molecule has 0 fully saturated rings. The number of rotatable bonds is 11. The zero-order valence-electron chi connectivity index (χ0n) is 22.7. The second-order valence-corrected chi connectivity index (χ2v) is 12.2. The average Bonchev–Trinajstić information content (AvgIpc) is 2.92. The normalized spacial score (nSPS) is 12.9.